The summed E-state index contributed by atoms with van der Waals surface area (Å²) in [5.74, 6) is 1.47. The van der Waals surface area contributed by atoms with Crippen molar-refractivity contribution in [3.63, 3.8) is 0 Å². The molecule has 0 aliphatic carbocycles. The summed E-state index contributed by atoms with van der Waals surface area (Å²) in [5, 5.41) is 5.88. The van der Waals surface area contributed by atoms with Gasteiger partial charge in [-0.05, 0) is 30.0 Å². The number of aromatic nitrogens is 1. The molecule has 22 heavy (non-hydrogen) atoms. The highest BCUT2D eigenvalue weighted by Crippen LogP contribution is 2.11. The molecule has 0 radical (unpaired) electrons. The van der Waals surface area contributed by atoms with Crippen LogP contribution in [-0.2, 0) is 6.54 Å². The smallest absolute Gasteiger partial charge is 0.315 e. The van der Waals surface area contributed by atoms with Crippen LogP contribution >= 0.6 is 0 Å². The van der Waals surface area contributed by atoms with Crippen molar-refractivity contribution in [2.45, 2.75) is 46.1 Å². The third-order valence-corrected chi connectivity index (χ3v) is 3.82. The van der Waals surface area contributed by atoms with Crippen LogP contribution < -0.4 is 15.5 Å². The van der Waals surface area contributed by atoms with Crippen LogP contribution in [0, 0.1) is 5.92 Å². The van der Waals surface area contributed by atoms with E-state index in [-0.39, 0.29) is 6.03 Å². The molecule has 2 N–H and O–H groups in total. The van der Waals surface area contributed by atoms with Gasteiger partial charge in [-0.1, -0.05) is 33.1 Å². The molecule has 1 atom stereocenters. The Labute approximate surface area is 134 Å². The molecule has 1 unspecified atom stereocenters. The molecule has 2 amide bonds. The van der Waals surface area contributed by atoms with Crippen LogP contribution in [0.5, 0.6) is 0 Å². The largest absolute Gasteiger partial charge is 0.363 e. The van der Waals surface area contributed by atoms with Gasteiger partial charge in [-0.25, -0.2) is 9.78 Å². The molecule has 5 nitrogen and oxygen atoms in total. The molecule has 1 rings (SSSR count). The molecule has 1 aromatic heterocycles. The molecule has 0 saturated heterocycles. The van der Waals surface area contributed by atoms with E-state index in [0.717, 1.165) is 24.3 Å². The third kappa shape index (κ3) is 6.78. The lowest BCUT2D eigenvalue weighted by molar-refractivity contribution is 0.237. The fourth-order valence-electron chi connectivity index (χ4n) is 2.24. The van der Waals surface area contributed by atoms with E-state index in [2.05, 4.69) is 29.5 Å². The Morgan fingerprint density at radius 3 is 2.73 bits per heavy atom. The number of nitrogens with one attached hydrogen (secondary N) is 2. The second kappa shape index (κ2) is 10.0. The van der Waals surface area contributed by atoms with Crippen molar-refractivity contribution < 1.29 is 4.79 Å². The van der Waals surface area contributed by atoms with Crippen molar-refractivity contribution in [1.29, 1.82) is 0 Å². The summed E-state index contributed by atoms with van der Waals surface area (Å²) < 4.78 is 0. The molecule has 0 spiro atoms. The Kier molecular flexibility index (Phi) is 8.33. The number of anilines is 1. The van der Waals surface area contributed by atoms with E-state index in [4.69, 9.17) is 0 Å². The Morgan fingerprint density at radius 2 is 2.09 bits per heavy atom. The lowest BCUT2D eigenvalue weighted by Crippen LogP contribution is -2.37. The zero-order valence-corrected chi connectivity index (χ0v) is 14.4. The van der Waals surface area contributed by atoms with Crippen LogP contribution in [0.1, 0.15) is 45.1 Å². The number of urea groups is 1. The Bertz CT molecular complexity index is 448. The van der Waals surface area contributed by atoms with E-state index in [9.17, 15) is 4.79 Å². The first kappa shape index (κ1) is 18.3. The molecule has 0 saturated carbocycles. The van der Waals surface area contributed by atoms with Gasteiger partial charge in [0.05, 0.1) is 0 Å². The summed E-state index contributed by atoms with van der Waals surface area (Å²) >= 11 is 0. The molecule has 0 bridgehead atoms. The first-order valence-corrected chi connectivity index (χ1v) is 8.20. The summed E-state index contributed by atoms with van der Waals surface area (Å²) in [4.78, 5) is 18.1. The van der Waals surface area contributed by atoms with Gasteiger partial charge in [-0.2, -0.15) is 0 Å². The number of unbranched alkanes of at least 4 members (excludes halogenated alkanes) is 1. The monoisotopic (exact) mass is 306 g/mol. The maximum atomic E-state index is 11.9. The highest BCUT2D eigenvalue weighted by atomic mass is 16.2. The molecular weight excluding hydrogens is 276 g/mol. The second-order valence-corrected chi connectivity index (χ2v) is 5.90. The lowest BCUT2D eigenvalue weighted by Gasteiger charge is -2.16. The number of hydrogen-bond donors (Lipinski definition) is 2. The van der Waals surface area contributed by atoms with Gasteiger partial charge in [0.1, 0.15) is 5.82 Å². The summed E-state index contributed by atoms with van der Waals surface area (Å²) in [6.45, 7) is 5.64. The Morgan fingerprint density at radius 1 is 1.32 bits per heavy atom. The molecule has 1 heterocycles. The van der Waals surface area contributed by atoms with Gasteiger partial charge >= 0.3 is 6.03 Å². The van der Waals surface area contributed by atoms with Crippen molar-refractivity contribution in [3.8, 4) is 0 Å². The quantitative estimate of drug-likeness (QED) is 0.737. The van der Waals surface area contributed by atoms with E-state index in [0.29, 0.717) is 12.5 Å². The number of pyridine rings is 1. The van der Waals surface area contributed by atoms with Crippen molar-refractivity contribution in [2.75, 3.05) is 25.5 Å². The van der Waals surface area contributed by atoms with Crippen molar-refractivity contribution >= 4 is 11.8 Å². The highest BCUT2D eigenvalue weighted by molar-refractivity contribution is 5.73. The van der Waals surface area contributed by atoms with E-state index >= 15 is 0 Å². The minimum atomic E-state index is -0.0989. The predicted molar refractivity (Wildman–Crippen MR) is 92.1 cm³/mol. The average Bonchev–Trinajstić information content (AvgIpc) is 2.53. The summed E-state index contributed by atoms with van der Waals surface area (Å²) in [7, 11) is 3.90. The van der Waals surface area contributed by atoms with Crippen LogP contribution in [0.4, 0.5) is 10.6 Å². The number of amides is 2. The van der Waals surface area contributed by atoms with Crippen LogP contribution in [0.3, 0.4) is 0 Å². The summed E-state index contributed by atoms with van der Waals surface area (Å²) in [6.07, 6.45) is 6.49. The maximum absolute atomic E-state index is 11.9. The van der Waals surface area contributed by atoms with Gasteiger partial charge in [-0.15, -0.1) is 0 Å². The van der Waals surface area contributed by atoms with Gasteiger partial charge in [-0.3, -0.25) is 0 Å². The number of carbonyl (C=O) groups excluding carboxylic acids is 1. The maximum Gasteiger partial charge on any atom is 0.315 e. The van der Waals surface area contributed by atoms with Gasteiger partial charge in [0.25, 0.3) is 0 Å². The summed E-state index contributed by atoms with van der Waals surface area (Å²) in [6, 6.07) is 3.80. The van der Waals surface area contributed by atoms with E-state index < -0.39 is 0 Å². The van der Waals surface area contributed by atoms with E-state index in [1.54, 1.807) is 6.20 Å². The number of hydrogen-bond acceptors (Lipinski definition) is 3. The first-order chi connectivity index (χ1) is 10.6. The minimum absolute atomic E-state index is 0.0989. The van der Waals surface area contributed by atoms with Crippen molar-refractivity contribution in [1.82, 2.24) is 15.6 Å². The summed E-state index contributed by atoms with van der Waals surface area (Å²) in [5.41, 5.74) is 1.05. The Hall–Kier alpha value is -1.78. The lowest BCUT2D eigenvalue weighted by atomic mass is 9.99. The van der Waals surface area contributed by atoms with Crippen LogP contribution in [0.2, 0.25) is 0 Å². The van der Waals surface area contributed by atoms with Crippen LogP contribution in [-0.4, -0.2) is 31.7 Å². The average molecular weight is 306 g/mol. The zero-order valence-electron chi connectivity index (χ0n) is 14.4. The fourth-order valence-corrected chi connectivity index (χ4v) is 2.24. The second-order valence-electron chi connectivity index (χ2n) is 5.90. The highest BCUT2D eigenvalue weighted by Gasteiger charge is 2.08. The molecule has 0 aromatic carbocycles. The van der Waals surface area contributed by atoms with Crippen molar-refractivity contribution in [3.05, 3.63) is 23.9 Å². The predicted octanol–water partition coefficient (Wildman–Crippen LogP) is 3.16. The van der Waals surface area contributed by atoms with Crippen LogP contribution in [0.25, 0.3) is 0 Å². The number of rotatable bonds is 9. The molecule has 5 heteroatoms. The zero-order chi connectivity index (χ0) is 16.4. The van der Waals surface area contributed by atoms with Gasteiger partial charge in [0.2, 0.25) is 0 Å². The number of carbonyl (C=O) groups is 1. The van der Waals surface area contributed by atoms with Gasteiger partial charge in [0, 0.05) is 33.4 Å². The number of nitrogens with zero attached hydrogens (tertiary/aromatic N) is 2. The molecule has 0 aliphatic rings. The molecule has 124 valence electrons. The fraction of sp³-hybridized carbons (Fsp3) is 0.647. The van der Waals surface area contributed by atoms with Crippen LogP contribution in [0.15, 0.2) is 18.3 Å². The third-order valence-electron chi connectivity index (χ3n) is 3.82. The Balaban J connectivity index is 2.35. The standard InChI is InChI=1S/C17H30N4O/c1-5-7-8-14(6-2)12-19-17(22)20-13-15-9-10-18-16(11-15)21(3)4/h9-11,14H,5-8,12-13H2,1-4H3,(H2,19,20,22). The van der Waals surface area contributed by atoms with E-state index in [1.807, 2.05) is 31.1 Å². The normalized spacial score (nSPS) is 11.8. The molecular formula is C17H30N4O. The molecule has 1 aromatic rings. The molecule has 0 aliphatic heterocycles. The topological polar surface area (TPSA) is 57.3 Å². The van der Waals surface area contributed by atoms with E-state index in [1.165, 1.54) is 19.3 Å². The SMILES string of the molecule is CCCCC(CC)CNC(=O)NCc1ccnc(N(C)C)c1. The minimum Gasteiger partial charge on any atom is -0.363 e. The van der Waals surface area contributed by atoms with Crippen molar-refractivity contribution in [2.24, 2.45) is 5.92 Å². The van der Waals surface area contributed by atoms with Gasteiger partial charge in [0.15, 0.2) is 0 Å². The molecule has 0 fully saturated rings. The first-order valence-electron chi connectivity index (χ1n) is 8.20. The van der Waals surface area contributed by atoms with Gasteiger partial charge < -0.3 is 15.5 Å².